The summed E-state index contributed by atoms with van der Waals surface area (Å²) < 4.78 is 13.0. The van der Waals surface area contributed by atoms with E-state index in [0.717, 1.165) is 19.5 Å². The lowest BCUT2D eigenvalue weighted by Gasteiger charge is -2.43. The Hall–Kier alpha value is -0.930. The summed E-state index contributed by atoms with van der Waals surface area (Å²) in [6.07, 6.45) is 3.35. The molecule has 0 bridgehead atoms. The van der Waals surface area contributed by atoms with E-state index in [0.29, 0.717) is 18.1 Å². The topological polar surface area (TPSA) is 15.3 Å². The van der Waals surface area contributed by atoms with Crippen LogP contribution in [-0.2, 0) is 6.42 Å². The third kappa shape index (κ3) is 3.80. The van der Waals surface area contributed by atoms with E-state index in [1.165, 1.54) is 18.4 Å². The molecular weight excluding hydrogens is 251 g/mol. The Morgan fingerprint density at radius 2 is 1.95 bits per heavy atom. The maximum Gasteiger partial charge on any atom is 0.123 e. The second kappa shape index (κ2) is 7.19. The Morgan fingerprint density at radius 1 is 1.25 bits per heavy atom. The molecule has 1 aliphatic heterocycles. The van der Waals surface area contributed by atoms with E-state index in [9.17, 15) is 4.39 Å². The molecule has 1 aromatic carbocycles. The Balaban J connectivity index is 2.01. The van der Waals surface area contributed by atoms with Gasteiger partial charge in [-0.2, -0.15) is 0 Å². The fraction of sp³-hybridized carbons (Fsp3) is 0.647. The van der Waals surface area contributed by atoms with Gasteiger partial charge in [-0.25, -0.2) is 4.39 Å². The quantitative estimate of drug-likeness (QED) is 0.889. The average Bonchev–Trinajstić information content (AvgIpc) is 2.48. The number of nitrogens with zero attached hydrogens (tertiary/aromatic N) is 1. The van der Waals surface area contributed by atoms with Gasteiger partial charge in [0.15, 0.2) is 0 Å². The maximum absolute atomic E-state index is 13.0. The summed E-state index contributed by atoms with van der Waals surface area (Å²) in [4.78, 5) is 2.63. The number of nitrogens with one attached hydrogen (secondary N) is 1. The molecule has 1 N–H and O–H groups in total. The van der Waals surface area contributed by atoms with Crippen molar-refractivity contribution in [3.8, 4) is 0 Å². The molecule has 3 unspecified atom stereocenters. The molecule has 0 radical (unpaired) electrons. The number of benzene rings is 1. The summed E-state index contributed by atoms with van der Waals surface area (Å²) in [5.74, 6) is -0.152. The van der Waals surface area contributed by atoms with E-state index >= 15 is 0 Å². The molecule has 2 rings (SSSR count). The van der Waals surface area contributed by atoms with Crippen LogP contribution in [0.2, 0.25) is 0 Å². The van der Waals surface area contributed by atoms with Crippen molar-refractivity contribution in [3.63, 3.8) is 0 Å². The van der Waals surface area contributed by atoms with Gasteiger partial charge in [-0.3, -0.25) is 4.90 Å². The van der Waals surface area contributed by atoms with Gasteiger partial charge in [0.05, 0.1) is 0 Å². The van der Waals surface area contributed by atoms with Crippen molar-refractivity contribution in [2.45, 2.75) is 58.2 Å². The monoisotopic (exact) mass is 278 g/mol. The van der Waals surface area contributed by atoms with Gasteiger partial charge in [0.2, 0.25) is 0 Å². The van der Waals surface area contributed by atoms with Gasteiger partial charge in [-0.15, -0.1) is 0 Å². The van der Waals surface area contributed by atoms with Crippen LogP contribution in [0.15, 0.2) is 24.3 Å². The second-order valence-corrected chi connectivity index (χ2v) is 5.95. The molecule has 1 saturated heterocycles. The number of hydrogen-bond acceptors (Lipinski definition) is 2. The standard InChI is InChI=1S/C17H27FN2/c1-4-16-12-20(17(5-2)11-19-16)13(3)10-14-6-8-15(18)9-7-14/h6-9,13,16-17,19H,4-5,10-12H2,1-3H3. The molecule has 1 aromatic rings. The van der Waals surface area contributed by atoms with Crippen molar-refractivity contribution in [2.75, 3.05) is 13.1 Å². The largest absolute Gasteiger partial charge is 0.311 e. The molecule has 1 heterocycles. The third-order valence-electron chi connectivity index (χ3n) is 4.52. The average molecular weight is 278 g/mol. The van der Waals surface area contributed by atoms with Crippen molar-refractivity contribution >= 4 is 0 Å². The first-order chi connectivity index (χ1) is 9.63. The zero-order valence-corrected chi connectivity index (χ0v) is 12.9. The molecule has 1 fully saturated rings. The van der Waals surface area contributed by atoms with E-state index < -0.39 is 0 Å². The van der Waals surface area contributed by atoms with Gasteiger partial charge >= 0.3 is 0 Å². The molecule has 3 atom stereocenters. The highest BCUT2D eigenvalue weighted by molar-refractivity contribution is 5.17. The van der Waals surface area contributed by atoms with E-state index in [1.54, 1.807) is 12.1 Å². The highest BCUT2D eigenvalue weighted by Gasteiger charge is 2.29. The lowest BCUT2D eigenvalue weighted by molar-refractivity contribution is 0.0851. The predicted molar refractivity (Wildman–Crippen MR) is 82.4 cm³/mol. The smallest absolute Gasteiger partial charge is 0.123 e. The van der Waals surface area contributed by atoms with Gasteiger partial charge < -0.3 is 5.32 Å². The molecular formula is C17H27FN2. The van der Waals surface area contributed by atoms with Crippen LogP contribution in [0.3, 0.4) is 0 Å². The van der Waals surface area contributed by atoms with Crippen LogP contribution in [-0.4, -0.2) is 36.1 Å². The lowest BCUT2D eigenvalue weighted by atomic mass is 9.99. The van der Waals surface area contributed by atoms with E-state index in [2.05, 4.69) is 31.0 Å². The molecule has 0 aliphatic carbocycles. The Morgan fingerprint density at radius 3 is 2.55 bits per heavy atom. The fourth-order valence-electron chi connectivity index (χ4n) is 3.16. The lowest BCUT2D eigenvalue weighted by Crippen LogP contribution is -2.58. The van der Waals surface area contributed by atoms with Crippen molar-refractivity contribution in [1.29, 1.82) is 0 Å². The third-order valence-corrected chi connectivity index (χ3v) is 4.52. The molecule has 0 aromatic heterocycles. The van der Waals surface area contributed by atoms with Gasteiger partial charge in [0, 0.05) is 31.2 Å². The normalized spacial score (nSPS) is 25.6. The minimum atomic E-state index is -0.152. The van der Waals surface area contributed by atoms with E-state index in [1.807, 2.05) is 12.1 Å². The minimum absolute atomic E-state index is 0.152. The van der Waals surface area contributed by atoms with Crippen LogP contribution >= 0.6 is 0 Å². The first-order valence-corrected chi connectivity index (χ1v) is 7.87. The van der Waals surface area contributed by atoms with Gasteiger partial charge in [0.25, 0.3) is 0 Å². The van der Waals surface area contributed by atoms with Crippen molar-refractivity contribution in [1.82, 2.24) is 10.2 Å². The molecule has 0 spiro atoms. The molecule has 0 amide bonds. The number of halogens is 1. The molecule has 2 nitrogen and oxygen atoms in total. The molecule has 3 heteroatoms. The Kier molecular flexibility index (Phi) is 5.55. The number of hydrogen-bond donors (Lipinski definition) is 1. The summed E-state index contributed by atoms with van der Waals surface area (Å²) >= 11 is 0. The van der Waals surface area contributed by atoms with E-state index in [4.69, 9.17) is 0 Å². The van der Waals surface area contributed by atoms with E-state index in [-0.39, 0.29) is 5.82 Å². The zero-order chi connectivity index (χ0) is 14.5. The van der Waals surface area contributed by atoms with Gasteiger partial charge in [0.1, 0.15) is 5.82 Å². The minimum Gasteiger partial charge on any atom is -0.311 e. The van der Waals surface area contributed by atoms with Gasteiger partial charge in [-0.1, -0.05) is 26.0 Å². The summed E-state index contributed by atoms with van der Waals surface area (Å²) in [5.41, 5.74) is 1.22. The Labute approximate surface area is 122 Å². The van der Waals surface area contributed by atoms with Crippen molar-refractivity contribution in [3.05, 3.63) is 35.6 Å². The molecule has 1 aliphatic rings. The highest BCUT2D eigenvalue weighted by Crippen LogP contribution is 2.18. The molecule has 0 saturated carbocycles. The fourth-order valence-corrected chi connectivity index (χ4v) is 3.16. The van der Waals surface area contributed by atoms with Crippen LogP contribution < -0.4 is 5.32 Å². The van der Waals surface area contributed by atoms with Crippen molar-refractivity contribution < 1.29 is 4.39 Å². The van der Waals surface area contributed by atoms with Gasteiger partial charge in [-0.05, 0) is 43.9 Å². The number of rotatable bonds is 5. The number of piperazine rings is 1. The Bertz CT molecular complexity index is 404. The first-order valence-electron chi connectivity index (χ1n) is 7.87. The van der Waals surface area contributed by atoms with Crippen LogP contribution in [0.5, 0.6) is 0 Å². The summed E-state index contributed by atoms with van der Waals surface area (Å²) in [6, 6.07) is 8.67. The van der Waals surface area contributed by atoms with Crippen molar-refractivity contribution in [2.24, 2.45) is 0 Å². The maximum atomic E-state index is 13.0. The summed E-state index contributed by atoms with van der Waals surface area (Å²) in [5, 5.41) is 3.63. The zero-order valence-electron chi connectivity index (χ0n) is 12.9. The molecule has 20 heavy (non-hydrogen) atoms. The first kappa shape index (κ1) is 15.5. The SMILES string of the molecule is CCC1CN(C(C)Cc2ccc(F)cc2)C(CC)CN1. The predicted octanol–water partition coefficient (Wildman–Crippen LogP) is 3.22. The highest BCUT2D eigenvalue weighted by atomic mass is 19.1. The summed E-state index contributed by atoms with van der Waals surface area (Å²) in [7, 11) is 0. The van der Waals surface area contributed by atoms with Crippen LogP contribution in [0.25, 0.3) is 0 Å². The second-order valence-electron chi connectivity index (χ2n) is 5.95. The summed E-state index contributed by atoms with van der Waals surface area (Å²) in [6.45, 7) is 9.01. The van der Waals surface area contributed by atoms with Crippen LogP contribution in [0.4, 0.5) is 4.39 Å². The molecule has 112 valence electrons. The van der Waals surface area contributed by atoms with Crippen LogP contribution in [0, 0.1) is 5.82 Å². The van der Waals surface area contributed by atoms with Crippen LogP contribution in [0.1, 0.15) is 39.2 Å².